The summed E-state index contributed by atoms with van der Waals surface area (Å²) in [5.41, 5.74) is 0.669. The Morgan fingerprint density at radius 2 is 2.27 bits per heavy atom. The minimum Gasteiger partial charge on any atom is -0.472 e. The molecule has 1 saturated heterocycles. The monoisotopic (exact) mass is 209 g/mol. The second kappa shape index (κ2) is 4.49. The lowest BCUT2D eigenvalue weighted by molar-refractivity contribution is -0.132. The van der Waals surface area contributed by atoms with Crippen molar-refractivity contribution >= 4 is 5.91 Å². The second-order valence-corrected chi connectivity index (χ2v) is 3.86. The van der Waals surface area contributed by atoms with Crippen LogP contribution in [-0.2, 0) is 4.79 Å². The molecule has 15 heavy (non-hydrogen) atoms. The van der Waals surface area contributed by atoms with Crippen molar-refractivity contribution < 1.29 is 14.3 Å². The molecule has 0 aromatic carbocycles. The number of rotatable bonds is 3. The van der Waals surface area contributed by atoms with Crippen molar-refractivity contribution in [3.8, 4) is 0 Å². The number of hydrogen-bond donors (Lipinski definition) is 1. The fourth-order valence-electron chi connectivity index (χ4n) is 1.84. The summed E-state index contributed by atoms with van der Waals surface area (Å²) >= 11 is 0. The van der Waals surface area contributed by atoms with Gasteiger partial charge in [0.15, 0.2) is 0 Å². The molecule has 2 rings (SSSR count). The quantitative estimate of drug-likeness (QED) is 0.817. The third-order valence-electron chi connectivity index (χ3n) is 2.75. The van der Waals surface area contributed by atoms with Gasteiger partial charge in [0.05, 0.1) is 25.1 Å². The molecule has 0 radical (unpaired) electrons. The Kier molecular flexibility index (Phi) is 3.06. The molecule has 1 aliphatic heterocycles. The summed E-state index contributed by atoms with van der Waals surface area (Å²) in [4.78, 5) is 13.5. The van der Waals surface area contributed by atoms with Crippen LogP contribution in [0.2, 0.25) is 0 Å². The van der Waals surface area contributed by atoms with Crippen LogP contribution in [0.4, 0.5) is 0 Å². The van der Waals surface area contributed by atoms with Gasteiger partial charge >= 0.3 is 0 Å². The van der Waals surface area contributed by atoms with Crippen LogP contribution in [0.25, 0.3) is 0 Å². The van der Waals surface area contributed by atoms with Gasteiger partial charge in [-0.1, -0.05) is 0 Å². The van der Waals surface area contributed by atoms with Gasteiger partial charge in [0.2, 0.25) is 5.91 Å². The van der Waals surface area contributed by atoms with Crippen LogP contribution in [0.1, 0.15) is 30.9 Å². The maximum Gasteiger partial charge on any atom is 0.225 e. The highest BCUT2D eigenvalue weighted by Crippen LogP contribution is 2.19. The summed E-state index contributed by atoms with van der Waals surface area (Å²) in [6, 6.07) is 1.68. The van der Waals surface area contributed by atoms with Crippen molar-refractivity contribution in [2.45, 2.75) is 25.4 Å². The first-order valence-corrected chi connectivity index (χ1v) is 5.25. The van der Waals surface area contributed by atoms with Crippen molar-refractivity contribution in [1.82, 2.24) is 4.90 Å². The topological polar surface area (TPSA) is 53.7 Å². The summed E-state index contributed by atoms with van der Waals surface area (Å²) in [6.07, 6.45) is 4.54. The molecule has 82 valence electrons. The number of carbonyl (C=O) groups is 1. The Morgan fingerprint density at radius 3 is 2.87 bits per heavy atom. The molecule has 0 bridgehead atoms. The standard InChI is InChI=1S/C11H15NO3/c13-10(9-3-6-15-8-9)7-11(14)12-4-1-2-5-12/h3,6,8,10,13H,1-2,4-5,7H2/t10-/m1/s1. The minimum atomic E-state index is -0.739. The van der Waals surface area contributed by atoms with Crippen molar-refractivity contribution in [1.29, 1.82) is 0 Å². The molecule has 1 aromatic heterocycles. The summed E-state index contributed by atoms with van der Waals surface area (Å²) in [5, 5.41) is 9.73. The van der Waals surface area contributed by atoms with Crippen LogP contribution in [0, 0.1) is 0 Å². The van der Waals surface area contributed by atoms with Gasteiger partial charge < -0.3 is 14.4 Å². The van der Waals surface area contributed by atoms with E-state index in [1.165, 1.54) is 12.5 Å². The van der Waals surface area contributed by atoms with Crippen LogP contribution < -0.4 is 0 Å². The molecule has 0 saturated carbocycles. The normalized spacial score (nSPS) is 18.1. The number of amides is 1. The molecular weight excluding hydrogens is 194 g/mol. The first-order valence-electron chi connectivity index (χ1n) is 5.25. The Balaban J connectivity index is 1.88. The van der Waals surface area contributed by atoms with Crippen LogP contribution in [0.3, 0.4) is 0 Å². The predicted octanol–water partition coefficient (Wildman–Crippen LogP) is 1.33. The lowest BCUT2D eigenvalue weighted by Crippen LogP contribution is -2.28. The van der Waals surface area contributed by atoms with Gasteiger partial charge in [-0.3, -0.25) is 4.79 Å². The Hall–Kier alpha value is -1.29. The highest BCUT2D eigenvalue weighted by Gasteiger charge is 2.21. The van der Waals surface area contributed by atoms with E-state index in [2.05, 4.69) is 0 Å². The fourth-order valence-corrected chi connectivity index (χ4v) is 1.84. The van der Waals surface area contributed by atoms with Crippen LogP contribution in [0.5, 0.6) is 0 Å². The molecule has 2 heterocycles. The van der Waals surface area contributed by atoms with E-state index in [1.807, 2.05) is 4.90 Å². The molecule has 0 unspecified atom stereocenters. The average molecular weight is 209 g/mol. The van der Waals surface area contributed by atoms with E-state index in [-0.39, 0.29) is 12.3 Å². The molecule has 0 spiro atoms. The second-order valence-electron chi connectivity index (χ2n) is 3.86. The lowest BCUT2D eigenvalue weighted by Gasteiger charge is -2.17. The molecule has 1 amide bonds. The maximum atomic E-state index is 11.7. The number of aliphatic hydroxyl groups excluding tert-OH is 1. The van der Waals surface area contributed by atoms with Crippen molar-refractivity contribution in [2.75, 3.05) is 13.1 Å². The summed E-state index contributed by atoms with van der Waals surface area (Å²) in [7, 11) is 0. The van der Waals surface area contributed by atoms with Gasteiger partial charge in [-0.2, -0.15) is 0 Å². The number of furan rings is 1. The Morgan fingerprint density at radius 1 is 1.53 bits per heavy atom. The first kappa shape index (κ1) is 10.2. The maximum absolute atomic E-state index is 11.7. The number of carbonyl (C=O) groups excluding carboxylic acids is 1. The van der Waals surface area contributed by atoms with E-state index < -0.39 is 6.10 Å². The third kappa shape index (κ3) is 2.39. The number of nitrogens with zero attached hydrogens (tertiary/aromatic N) is 1. The van der Waals surface area contributed by atoms with Crippen LogP contribution in [0.15, 0.2) is 23.0 Å². The third-order valence-corrected chi connectivity index (χ3v) is 2.75. The van der Waals surface area contributed by atoms with E-state index in [4.69, 9.17) is 4.42 Å². The predicted molar refractivity (Wildman–Crippen MR) is 54.1 cm³/mol. The first-order chi connectivity index (χ1) is 7.27. The fraction of sp³-hybridized carbons (Fsp3) is 0.545. The van der Waals surface area contributed by atoms with Gasteiger partial charge in [-0.25, -0.2) is 0 Å². The number of aliphatic hydroxyl groups is 1. The molecular formula is C11H15NO3. The lowest BCUT2D eigenvalue weighted by atomic mass is 10.1. The molecule has 4 nitrogen and oxygen atoms in total. The number of likely N-dealkylation sites (tertiary alicyclic amines) is 1. The van der Waals surface area contributed by atoms with Gasteiger partial charge in [0.25, 0.3) is 0 Å². The van der Waals surface area contributed by atoms with Crippen molar-refractivity contribution in [2.24, 2.45) is 0 Å². The average Bonchev–Trinajstić information content (AvgIpc) is 2.91. The van der Waals surface area contributed by atoms with E-state index in [1.54, 1.807) is 6.07 Å². The Bertz CT molecular complexity index is 315. The van der Waals surface area contributed by atoms with Crippen molar-refractivity contribution in [3.63, 3.8) is 0 Å². The summed E-state index contributed by atoms with van der Waals surface area (Å²) < 4.78 is 4.86. The molecule has 1 aliphatic rings. The molecule has 1 aromatic rings. The Labute approximate surface area is 88.5 Å². The summed E-state index contributed by atoms with van der Waals surface area (Å²) in [5.74, 6) is 0.0289. The molecule has 1 atom stereocenters. The van der Waals surface area contributed by atoms with Gasteiger partial charge in [0, 0.05) is 18.7 Å². The smallest absolute Gasteiger partial charge is 0.225 e. The largest absolute Gasteiger partial charge is 0.472 e. The molecule has 1 fully saturated rings. The highest BCUT2D eigenvalue weighted by atomic mass is 16.3. The van der Waals surface area contributed by atoms with Gasteiger partial charge in [-0.05, 0) is 18.9 Å². The SMILES string of the molecule is O=C(C[C@@H](O)c1ccoc1)N1CCCC1. The zero-order valence-corrected chi connectivity index (χ0v) is 8.56. The molecule has 4 heteroatoms. The van der Waals surface area contributed by atoms with E-state index in [0.29, 0.717) is 5.56 Å². The van der Waals surface area contributed by atoms with E-state index >= 15 is 0 Å². The van der Waals surface area contributed by atoms with Crippen molar-refractivity contribution in [3.05, 3.63) is 24.2 Å². The zero-order chi connectivity index (χ0) is 10.7. The number of hydrogen-bond acceptors (Lipinski definition) is 3. The van der Waals surface area contributed by atoms with Crippen LogP contribution in [-0.4, -0.2) is 29.0 Å². The zero-order valence-electron chi connectivity index (χ0n) is 8.56. The van der Waals surface area contributed by atoms with E-state index in [9.17, 15) is 9.90 Å². The van der Waals surface area contributed by atoms with Crippen LogP contribution >= 0.6 is 0 Å². The molecule has 0 aliphatic carbocycles. The highest BCUT2D eigenvalue weighted by molar-refractivity contribution is 5.77. The van der Waals surface area contributed by atoms with Gasteiger partial charge in [0.1, 0.15) is 0 Å². The van der Waals surface area contributed by atoms with E-state index in [0.717, 1.165) is 25.9 Å². The summed E-state index contributed by atoms with van der Waals surface area (Å²) in [6.45, 7) is 1.66. The molecule has 1 N–H and O–H groups in total. The minimum absolute atomic E-state index is 0.0289. The van der Waals surface area contributed by atoms with Gasteiger partial charge in [-0.15, -0.1) is 0 Å².